The Morgan fingerprint density at radius 1 is 1.15 bits per heavy atom. The Hall–Kier alpha value is -1.32. The van der Waals surface area contributed by atoms with Gasteiger partial charge in [-0.3, -0.25) is 14.4 Å². The molecular formula is C30H47BrN2O5S. The average molecular weight is 628 g/mol. The van der Waals surface area contributed by atoms with E-state index in [1.165, 1.54) is 0 Å². The Morgan fingerprint density at radius 3 is 2.62 bits per heavy atom. The molecule has 220 valence electrons. The minimum atomic E-state index is -0.644. The van der Waals surface area contributed by atoms with Crippen LogP contribution in [0.2, 0.25) is 0 Å². The maximum Gasteiger partial charge on any atom is 0.310 e. The van der Waals surface area contributed by atoms with Gasteiger partial charge in [-0.05, 0) is 44.9 Å². The van der Waals surface area contributed by atoms with E-state index in [4.69, 9.17) is 9.84 Å². The van der Waals surface area contributed by atoms with Crippen molar-refractivity contribution >= 4 is 45.5 Å². The highest BCUT2D eigenvalue weighted by molar-refractivity contribution is 9.09. The maximum atomic E-state index is 14.3. The van der Waals surface area contributed by atoms with Gasteiger partial charge in [0, 0.05) is 36.3 Å². The second-order valence-electron chi connectivity index (χ2n) is 11.1. The average Bonchev–Trinajstić information content (AvgIpc) is 3.51. The van der Waals surface area contributed by atoms with Gasteiger partial charge in [0.1, 0.15) is 6.04 Å². The van der Waals surface area contributed by atoms with Gasteiger partial charge in [0.05, 0.1) is 23.2 Å². The highest BCUT2D eigenvalue weighted by Crippen LogP contribution is 2.68. The lowest BCUT2D eigenvalue weighted by atomic mass is 9.71. The van der Waals surface area contributed by atoms with Crippen LogP contribution in [0.3, 0.4) is 0 Å². The number of hydrogen-bond acceptors (Lipinski definition) is 6. The zero-order valence-corrected chi connectivity index (χ0v) is 25.9. The quantitative estimate of drug-likeness (QED) is 0.0928. The predicted octanol–water partition coefficient (Wildman–Crippen LogP) is 5.11. The third-order valence-corrected chi connectivity index (χ3v) is 11.6. The van der Waals surface area contributed by atoms with E-state index in [1.807, 2.05) is 11.0 Å². The number of unbranched alkanes of at least 4 members (excludes halogenated alkanes) is 7. The van der Waals surface area contributed by atoms with Crippen LogP contribution in [0.1, 0.15) is 77.6 Å². The zero-order chi connectivity index (χ0) is 28.4. The van der Waals surface area contributed by atoms with E-state index in [1.54, 1.807) is 22.7 Å². The summed E-state index contributed by atoms with van der Waals surface area (Å²) in [7, 11) is 0. The van der Waals surface area contributed by atoms with Gasteiger partial charge < -0.3 is 19.6 Å². The van der Waals surface area contributed by atoms with Gasteiger partial charge in [0.15, 0.2) is 0 Å². The van der Waals surface area contributed by atoms with Crippen molar-refractivity contribution in [2.75, 3.05) is 32.8 Å². The number of fused-ring (bicyclic) bond motifs is 1. The van der Waals surface area contributed by atoms with E-state index in [0.717, 1.165) is 64.2 Å². The smallest absolute Gasteiger partial charge is 0.310 e. The zero-order valence-electron chi connectivity index (χ0n) is 23.5. The summed E-state index contributed by atoms with van der Waals surface area (Å²) < 4.78 is 5.08. The van der Waals surface area contributed by atoms with Crippen molar-refractivity contribution < 1.29 is 24.2 Å². The largest absolute Gasteiger partial charge is 0.465 e. The molecule has 0 saturated carbocycles. The monoisotopic (exact) mass is 626 g/mol. The van der Waals surface area contributed by atoms with Gasteiger partial charge in [-0.1, -0.05) is 60.7 Å². The van der Waals surface area contributed by atoms with Crippen LogP contribution in [0.25, 0.3) is 0 Å². The molecule has 2 amide bonds. The molecule has 3 aliphatic heterocycles. The molecule has 39 heavy (non-hydrogen) atoms. The third-order valence-electron chi connectivity index (χ3n) is 8.34. The summed E-state index contributed by atoms with van der Waals surface area (Å²) >= 11 is 5.49. The second-order valence-corrected chi connectivity index (χ2v) is 13.8. The first-order valence-corrected chi connectivity index (χ1v) is 16.6. The molecule has 0 aromatic carbocycles. The van der Waals surface area contributed by atoms with Gasteiger partial charge in [0.25, 0.3) is 0 Å². The first-order valence-electron chi connectivity index (χ1n) is 14.8. The molecule has 0 aromatic heterocycles. The molecule has 1 N–H and O–H groups in total. The van der Waals surface area contributed by atoms with Crippen molar-refractivity contribution in [1.29, 1.82) is 0 Å². The minimum absolute atomic E-state index is 0.0245. The normalized spacial score (nSPS) is 28.9. The Balaban J connectivity index is 1.87. The summed E-state index contributed by atoms with van der Waals surface area (Å²) in [5.41, 5.74) is 0. The van der Waals surface area contributed by atoms with Crippen LogP contribution in [0.15, 0.2) is 25.3 Å². The van der Waals surface area contributed by atoms with E-state index < -0.39 is 22.6 Å². The van der Waals surface area contributed by atoms with Gasteiger partial charge in [-0.25, -0.2) is 0 Å². The van der Waals surface area contributed by atoms with Gasteiger partial charge in [0.2, 0.25) is 11.8 Å². The molecule has 9 heteroatoms. The fraction of sp³-hybridized carbons (Fsp3) is 0.767. The molecule has 0 aliphatic carbocycles. The van der Waals surface area contributed by atoms with Crippen molar-refractivity contribution in [3.63, 3.8) is 0 Å². The van der Waals surface area contributed by atoms with Gasteiger partial charge >= 0.3 is 5.97 Å². The number of aliphatic hydroxyl groups excluding tert-OH is 1. The van der Waals surface area contributed by atoms with Gasteiger partial charge in [-0.2, -0.15) is 0 Å². The number of carbonyl (C=O) groups is 3. The molecule has 7 nitrogen and oxygen atoms in total. The third kappa shape index (κ3) is 7.13. The number of amides is 2. The molecule has 3 fully saturated rings. The number of hydrogen-bond donors (Lipinski definition) is 1. The molecule has 3 unspecified atom stereocenters. The molecule has 1 spiro atoms. The summed E-state index contributed by atoms with van der Waals surface area (Å²) in [5.74, 6) is -1.51. The molecular weight excluding hydrogens is 580 g/mol. The number of rotatable bonds is 19. The Labute approximate surface area is 247 Å². The van der Waals surface area contributed by atoms with E-state index in [9.17, 15) is 14.4 Å². The lowest BCUT2D eigenvalue weighted by Gasteiger charge is -2.38. The SMILES string of the molecule is C=CCCCCOC(=O)[C@H]1[C@@H]2SC3(CC2Br)C(C(=O)N(CC=C)CCCCC)N(CCCCCCO)C(=O)[C@H]13. The standard InChI is InChI=1S/C30H47BrN2O5S/c1-4-7-9-15-20-38-29(37)23-24-27(35)33(18-13-10-11-14-19-34)26(30(24)21-22(31)25(23)39-30)28(36)32(16-6-3)17-12-8-5-2/h4,6,22-26,34H,1,3,5,7-21H2,2H3/t22?,23-,24+,25-,26?,30?/m1/s1. The molecule has 6 atom stereocenters. The number of esters is 1. The number of thioether (sulfide) groups is 1. The number of likely N-dealkylation sites (tertiary alicyclic amines) is 1. The Kier molecular flexibility index (Phi) is 12.9. The topological polar surface area (TPSA) is 87.2 Å². The first kappa shape index (κ1) is 32.2. The van der Waals surface area contributed by atoms with Crippen molar-refractivity contribution in [3.8, 4) is 0 Å². The summed E-state index contributed by atoms with van der Waals surface area (Å²) in [6, 6.07) is -0.602. The van der Waals surface area contributed by atoms with Crippen molar-refractivity contribution in [2.45, 2.75) is 98.4 Å². The van der Waals surface area contributed by atoms with Crippen LogP contribution in [-0.2, 0) is 19.1 Å². The summed E-state index contributed by atoms with van der Waals surface area (Å²) in [6.07, 6.45) is 13.1. The fourth-order valence-corrected chi connectivity index (χ4v) is 10.1. The van der Waals surface area contributed by atoms with Gasteiger partial charge in [-0.15, -0.1) is 24.9 Å². The molecule has 3 saturated heterocycles. The molecule has 3 rings (SSSR count). The van der Waals surface area contributed by atoms with Crippen molar-refractivity contribution in [2.24, 2.45) is 11.8 Å². The summed E-state index contributed by atoms with van der Waals surface area (Å²) in [6.45, 7) is 11.8. The molecule has 0 radical (unpaired) electrons. The number of ether oxygens (including phenoxy) is 1. The molecule has 3 aliphatic rings. The van der Waals surface area contributed by atoms with E-state index in [0.29, 0.717) is 32.7 Å². The number of alkyl halides is 1. The lowest BCUT2D eigenvalue weighted by molar-refractivity contribution is -0.154. The van der Waals surface area contributed by atoms with Crippen LogP contribution in [-0.4, -0.2) is 86.4 Å². The fourth-order valence-electron chi connectivity index (χ4n) is 6.50. The van der Waals surface area contributed by atoms with Crippen molar-refractivity contribution in [1.82, 2.24) is 9.80 Å². The number of nitrogens with zero attached hydrogens (tertiary/aromatic N) is 2. The Bertz CT molecular complexity index is 872. The number of halogens is 1. The van der Waals surface area contributed by atoms with E-state index in [-0.39, 0.29) is 34.5 Å². The minimum Gasteiger partial charge on any atom is -0.465 e. The van der Waals surface area contributed by atoms with Crippen molar-refractivity contribution in [3.05, 3.63) is 25.3 Å². The first-order chi connectivity index (χ1) is 18.9. The maximum absolute atomic E-state index is 14.3. The number of carbonyl (C=O) groups excluding carboxylic acids is 3. The summed E-state index contributed by atoms with van der Waals surface area (Å²) in [4.78, 5) is 45.6. The molecule has 3 heterocycles. The summed E-state index contributed by atoms with van der Waals surface area (Å²) in [5, 5.41) is 9.06. The highest BCUT2D eigenvalue weighted by atomic mass is 79.9. The van der Waals surface area contributed by atoms with E-state index >= 15 is 0 Å². The van der Waals surface area contributed by atoms with Crippen LogP contribution in [0.5, 0.6) is 0 Å². The Morgan fingerprint density at radius 2 is 1.92 bits per heavy atom. The second kappa shape index (κ2) is 15.6. The van der Waals surface area contributed by atoms with Crippen LogP contribution in [0.4, 0.5) is 0 Å². The predicted molar refractivity (Wildman–Crippen MR) is 161 cm³/mol. The lowest BCUT2D eigenvalue weighted by Crippen LogP contribution is -2.55. The van der Waals surface area contributed by atoms with E-state index in [2.05, 4.69) is 36.0 Å². The number of aliphatic hydroxyl groups is 1. The van der Waals surface area contributed by atoms with Crippen LogP contribution < -0.4 is 0 Å². The molecule has 2 bridgehead atoms. The number of allylic oxidation sites excluding steroid dienone is 1. The van der Waals surface area contributed by atoms with Crippen LogP contribution in [0, 0.1) is 11.8 Å². The molecule has 0 aromatic rings. The van der Waals surface area contributed by atoms with Crippen LogP contribution >= 0.6 is 27.7 Å². The highest BCUT2D eigenvalue weighted by Gasteiger charge is 2.76.